The van der Waals surface area contributed by atoms with Gasteiger partial charge in [-0.25, -0.2) is 0 Å². The molecule has 3 rings (SSSR count). The van der Waals surface area contributed by atoms with Crippen LogP contribution in [0.25, 0.3) is 0 Å². The maximum Gasteiger partial charge on any atom is 0.256 e. The fraction of sp³-hybridized carbons (Fsp3) is 0.786. The summed E-state index contributed by atoms with van der Waals surface area (Å²) in [6, 6.07) is 0. The normalized spacial score (nSPS) is 26.8. The fourth-order valence-electron chi connectivity index (χ4n) is 2.93. The molecule has 2 N–H and O–H groups in total. The molecule has 1 saturated carbocycles. The maximum absolute atomic E-state index is 12.3. The lowest BCUT2D eigenvalue weighted by Crippen LogP contribution is -2.34. The van der Waals surface area contributed by atoms with Crippen LogP contribution in [0, 0.1) is 11.8 Å². The van der Waals surface area contributed by atoms with E-state index in [-0.39, 0.29) is 17.9 Å². The highest BCUT2D eigenvalue weighted by Gasteiger charge is 2.36. The van der Waals surface area contributed by atoms with E-state index in [1.54, 1.807) is 0 Å². The molecule has 0 radical (unpaired) electrons. The third-order valence-corrected chi connectivity index (χ3v) is 4.48. The van der Waals surface area contributed by atoms with E-state index in [9.17, 15) is 4.79 Å². The average molecular weight is 278 g/mol. The Morgan fingerprint density at radius 3 is 2.85 bits per heavy atom. The molecule has 2 atom stereocenters. The summed E-state index contributed by atoms with van der Waals surface area (Å²) >= 11 is 0. The molecule has 1 aromatic heterocycles. The van der Waals surface area contributed by atoms with Crippen molar-refractivity contribution in [3.63, 3.8) is 0 Å². The number of carbonyl (C=O) groups is 1. The highest BCUT2D eigenvalue weighted by atomic mass is 16.5. The Morgan fingerprint density at radius 2 is 2.20 bits per heavy atom. The smallest absolute Gasteiger partial charge is 0.256 e. The summed E-state index contributed by atoms with van der Waals surface area (Å²) in [5, 5.41) is 9.77. The number of hydrogen-bond acceptors (Lipinski definition) is 4. The quantitative estimate of drug-likeness (QED) is 0.883. The number of nitrogens with one attached hydrogen (secondary N) is 2. The minimum atomic E-state index is -0.374. The molecular formula is C14H22N4O2. The second-order valence-corrected chi connectivity index (χ2v) is 6.15. The van der Waals surface area contributed by atoms with Crippen LogP contribution < -0.4 is 5.32 Å². The molecule has 20 heavy (non-hydrogen) atoms. The van der Waals surface area contributed by atoms with Crippen molar-refractivity contribution in [2.75, 3.05) is 11.9 Å². The van der Waals surface area contributed by atoms with E-state index >= 15 is 0 Å². The van der Waals surface area contributed by atoms with Crippen LogP contribution in [0.1, 0.15) is 51.3 Å². The number of aromatic amines is 1. The van der Waals surface area contributed by atoms with E-state index < -0.39 is 0 Å². The van der Waals surface area contributed by atoms with Crippen molar-refractivity contribution >= 4 is 11.9 Å². The topological polar surface area (TPSA) is 79.9 Å². The van der Waals surface area contributed by atoms with Crippen LogP contribution in [0.2, 0.25) is 0 Å². The number of H-pyrrole nitrogens is 1. The number of amides is 1. The van der Waals surface area contributed by atoms with Gasteiger partial charge in [0.2, 0.25) is 5.95 Å². The molecule has 0 bridgehead atoms. The summed E-state index contributed by atoms with van der Waals surface area (Å²) in [5.41, 5.74) is 0. The number of carbonyl (C=O) groups excluding carboxylic acids is 1. The van der Waals surface area contributed by atoms with Crippen LogP contribution >= 0.6 is 0 Å². The summed E-state index contributed by atoms with van der Waals surface area (Å²) in [7, 11) is 0. The van der Waals surface area contributed by atoms with Gasteiger partial charge >= 0.3 is 0 Å². The van der Waals surface area contributed by atoms with E-state index in [2.05, 4.69) is 34.3 Å². The van der Waals surface area contributed by atoms with Crippen molar-refractivity contribution in [3.8, 4) is 0 Å². The van der Waals surface area contributed by atoms with Crippen LogP contribution in [-0.4, -0.2) is 33.8 Å². The van der Waals surface area contributed by atoms with Gasteiger partial charge in [-0.05, 0) is 31.1 Å². The first kappa shape index (κ1) is 13.5. The number of hydrogen-bond donors (Lipinski definition) is 2. The average Bonchev–Trinajstić information content (AvgIpc) is 2.95. The Balaban J connectivity index is 1.62. The molecule has 1 aliphatic heterocycles. The predicted molar refractivity (Wildman–Crippen MR) is 74.3 cm³/mol. The van der Waals surface area contributed by atoms with Crippen molar-refractivity contribution < 1.29 is 9.53 Å². The zero-order valence-corrected chi connectivity index (χ0v) is 12.1. The van der Waals surface area contributed by atoms with Crippen LogP contribution in [0.4, 0.5) is 5.95 Å². The molecule has 1 amide bonds. The maximum atomic E-state index is 12.3. The second-order valence-electron chi connectivity index (χ2n) is 6.15. The molecule has 2 aliphatic rings. The molecular weight excluding hydrogens is 256 g/mol. The highest BCUT2D eigenvalue weighted by molar-refractivity contribution is 5.93. The third kappa shape index (κ3) is 2.57. The first-order valence-corrected chi connectivity index (χ1v) is 7.50. The van der Waals surface area contributed by atoms with Gasteiger partial charge in [-0.1, -0.05) is 20.3 Å². The summed E-state index contributed by atoms with van der Waals surface area (Å²) in [5.74, 6) is 2.33. The SMILES string of the molecule is CC(C)[C@H]1CCO[C@H]1C(=O)Nc1n[nH]c(C2CCC2)n1. The Labute approximate surface area is 118 Å². The van der Waals surface area contributed by atoms with Gasteiger partial charge in [0.25, 0.3) is 5.91 Å². The second kappa shape index (κ2) is 5.52. The Bertz CT molecular complexity index is 481. The lowest BCUT2D eigenvalue weighted by molar-refractivity contribution is -0.127. The summed E-state index contributed by atoms with van der Waals surface area (Å²) in [4.78, 5) is 16.6. The van der Waals surface area contributed by atoms with Gasteiger partial charge < -0.3 is 4.74 Å². The molecule has 0 aromatic carbocycles. The molecule has 1 saturated heterocycles. The molecule has 0 unspecified atom stereocenters. The number of ether oxygens (including phenoxy) is 1. The number of anilines is 1. The van der Waals surface area contributed by atoms with Crippen molar-refractivity contribution in [2.24, 2.45) is 11.8 Å². The fourth-order valence-corrected chi connectivity index (χ4v) is 2.93. The van der Waals surface area contributed by atoms with Crippen LogP contribution in [0.5, 0.6) is 0 Å². The van der Waals surface area contributed by atoms with Gasteiger partial charge in [0.1, 0.15) is 11.9 Å². The molecule has 110 valence electrons. The first-order chi connectivity index (χ1) is 9.65. The van der Waals surface area contributed by atoms with E-state index in [0.29, 0.717) is 24.4 Å². The lowest BCUT2D eigenvalue weighted by atomic mass is 9.85. The van der Waals surface area contributed by atoms with Crippen LogP contribution in [0.15, 0.2) is 0 Å². The zero-order chi connectivity index (χ0) is 14.1. The van der Waals surface area contributed by atoms with Gasteiger partial charge in [-0.2, -0.15) is 4.98 Å². The molecule has 0 spiro atoms. The van der Waals surface area contributed by atoms with Crippen molar-refractivity contribution in [3.05, 3.63) is 5.82 Å². The van der Waals surface area contributed by atoms with Gasteiger partial charge in [-0.15, -0.1) is 5.10 Å². The zero-order valence-electron chi connectivity index (χ0n) is 12.1. The molecule has 6 nitrogen and oxygen atoms in total. The van der Waals surface area contributed by atoms with Crippen molar-refractivity contribution in [2.45, 2.75) is 51.6 Å². The van der Waals surface area contributed by atoms with Crippen molar-refractivity contribution in [1.29, 1.82) is 0 Å². The predicted octanol–water partition coefficient (Wildman–Crippen LogP) is 2.07. The molecule has 6 heteroatoms. The highest BCUT2D eigenvalue weighted by Crippen LogP contribution is 2.34. The summed E-state index contributed by atoms with van der Waals surface area (Å²) in [6.45, 7) is 4.91. The van der Waals surface area contributed by atoms with Crippen LogP contribution in [0.3, 0.4) is 0 Å². The summed E-state index contributed by atoms with van der Waals surface area (Å²) in [6.07, 6.45) is 4.13. The van der Waals surface area contributed by atoms with Crippen molar-refractivity contribution in [1.82, 2.24) is 15.2 Å². The van der Waals surface area contributed by atoms with Gasteiger partial charge in [-0.3, -0.25) is 15.2 Å². The standard InChI is InChI=1S/C14H22N4O2/c1-8(2)10-6-7-20-11(10)13(19)16-14-15-12(17-18-14)9-4-3-5-9/h8-11H,3-7H2,1-2H3,(H2,15,16,17,18,19)/t10-,11-/m1/s1. The third-order valence-electron chi connectivity index (χ3n) is 4.48. The minimum absolute atomic E-state index is 0.125. The largest absolute Gasteiger partial charge is 0.368 e. The number of aromatic nitrogens is 3. The number of nitrogens with zero attached hydrogens (tertiary/aromatic N) is 2. The van der Waals surface area contributed by atoms with E-state index in [1.807, 2.05) is 0 Å². The van der Waals surface area contributed by atoms with E-state index in [1.165, 1.54) is 6.42 Å². The lowest BCUT2D eigenvalue weighted by Gasteiger charge is -2.22. The first-order valence-electron chi connectivity index (χ1n) is 7.50. The van der Waals surface area contributed by atoms with Gasteiger partial charge in [0.05, 0.1) is 0 Å². The molecule has 2 heterocycles. The number of rotatable bonds is 4. The monoisotopic (exact) mass is 278 g/mol. The summed E-state index contributed by atoms with van der Waals surface area (Å²) < 4.78 is 5.57. The molecule has 2 fully saturated rings. The minimum Gasteiger partial charge on any atom is -0.368 e. The Hall–Kier alpha value is -1.43. The molecule has 1 aromatic rings. The Morgan fingerprint density at radius 1 is 1.40 bits per heavy atom. The van der Waals surface area contributed by atoms with E-state index in [0.717, 1.165) is 25.1 Å². The van der Waals surface area contributed by atoms with Gasteiger partial charge in [0, 0.05) is 12.5 Å². The van der Waals surface area contributed by atoms with E-state index in [4.69, 9.17) is 4.74 Å². The Kier molecular flexibility index (Phi) is 3.74. The molecule has 1 aliphatic carbocycles. The van der Waals surface area contributed by atoms with Gasteiger partial charge in [0.15, 0.2) is 0 Å². The van der Waals surface area contributed by atoms with Crippen LogP contribution in [-0.2, 0) is 9.53 Å².